The van der Waals surface area contributed by atoms with E-state index < -0.39 is 49.7 Å². The highest BCUT2D eigenvalue weighted by molar-refractivity contribution is 7.87. The molecule has 8 aliphatic rings. The van der Waals surface area contributed by atoms with Crippen molar-refractivity contribution in [2.24, 2.45) is 35.0 Å². The molecule has 8 fully saturated rings. The highest BCUT2D eigenvalue weighted by Gasteiger charge is 2.66. The summed E-state index contributed by atoms with van der Waals surface area (Å²) in [6.45, 7) is 1.83. The number of rotatable bonds is 7. The first kappa shape index (κ1) is 26.7. The standard InChI is InChI=1S/C26H36F2O9S/c1-2-25(36-20(29)26(27,28)38(32,33)34)18-4-15-5-19(25)12-22(6-15,11-18)14-35-21(30)37-24-9-16-3-17(10-24)8-23(31,7-16)13-24/h15-19,31H,2-14H2,1H3,(H,32,33,34). The second kappa shape index (κ2) is 8.25. The van der Waals surface area contributed by atoms with E-state index in [2.05, 4.69) is 0 Å². The van der Waals surface area contributed by atoms with Crippen LogP contribution in [0.5, 0.6) is 0 Å². The summed E-state index contributed by atoms with van der Waals surface area (Å²) >= 11 is 0. The predicted octanol–water partition coefficient (Wildman–Crippen LogP) is 4.22. The minimum absolute atomic E-state index is 0.109. The lowest BCUT2D eigenvalue weighted by Crippen LogP contribution is -2.64. The van der Waals surface area contributed by atoms with Gasteiger partial charge in [-0.15, -0.1) is 0 Å². The van der Waals surface area contributed by atoms with Crippen LogP contribution >= 0.6 is 0 Å². The first-order valence-corrected chi connectivity index (χ1v) is 15.2. The summed E-state index contributed by atoms with van der Waals surface area (Å²) in [6, 6.07) is 0. The molecule has 0 aliphatic heterocycles. The van der Waals surface area contributed by atoms with Crippen molar-refractivity contribution < 1.29 is 50.7 Å². The maximum absolute atomic E-state index is 14.1. The van der Waals surface area contributed by atoms with Crippen LogP contribution in [0.4, 0.5) is 13.6 Å². The third-order valence-electron chi connectivity index (χ3n) is 10.9. The van der Waals surface area contributed by atoms with Crippen molar-refractivity contribution in [3.8, 4) is 0 Å². The van der Waals surface area contributed by atoms with Crippen LogP contribution < -0.4 is 0 Å². The van der Waals surface area contributed by atoms with Gasteiger partial charge in [0.1, 0.15) is 17.8 Å². The largest absolute Gasteiger partial charge is 0.508 e. The van der Waals surface area contributed by atoms with Gasteiger partial charge in [-0.2, -0.15) is 17.2 Å². The van der Waals surface area contributed by atoms with Crippen LogP contribution in [-0.4, -0.2) is 58.9 Å². The first-order chi connectivity index (χ1) is 17.6. The van der Waals surface area contributed by atoms with Crippen LogP contribution in [0.25, 0.3) is 0 Å². The molecule has 4 atom stereocenters. The van der Waals surface area contributed by atoms with Crippen LogP contribution in [0, 0.1) is 35.0 Å². The fourth-order valence-corrected chi connectivity index (χ4v) is 10.5. The average Bonchev–Trinajstić information content (AvgIpc) is 2.77. The number of carbonyl (C=O) groups excluding carboxylic acids is 2. The summed E-state index contributed by atoms with van der Waals surface area (Å²) in [5.74, 6) is -1.87. The molecule has 12 heteroatoms. The highest BCUT2D eigenvalue weighted by Crippen LogP contribution is 2.66. The zero-order chi connectivity index (χ0) is 27.4. The van der Waals surface area contributed by atoms with Gasteiger partial charge in [0.25, 0.3) is 0 Å². The Morgan fingerprint density at radius 2 is 1.53 bits per heavy atom. The lowest BCUT2D eigenvalue weighted by Gasteiger charge is -2.64. The smallest absolute Gasteiger partial charge is 0.453 e. The molecule has 0 amide bonds. The molecule has 9 nitrogen and oxygen atoms in total. The van der Waals surface area contributed by atoms with Crippen LogP contribution in [-0.2, 0) is 29.1 Å². The van der Waals surface area contributed by atoms with E-state index in [0.29, 0.717) is 43.9 Å². The van der Waals surface area contributed by atoms with Crippen molar-refractivity contribution in [2.45, 2.75) is 106 Å². The molecule has 2 N–H and O–H groups in total. The van der Waals surface area contributed by atoms with Gasteiger partial charge in [0.2, 0.25) is 0 Å². The van der Waals surface area contributed by atoms with Crippen molar-refractivity contribution in [2.75, 3.05) is 6.61 Å². The molecule has 214 valence electrons. The summed E-state index contributed by atoms with van der Waals surface area (Å²) in [6.07, 6.45) is 7.08. The van der Waals surface area contributed by atoms with E-state index in [1.807, 2.05) is 0 Å². The highest BCUT2D eigenvalue weighted by atomic mass is 32.2. The molecule has 0 radical (unpaired) electrons. The molecule has 0 aromatic heterocycles. The van der Waals surface area contributed by atoms with E-state index in [1.54, 1.807) is 6.92 Å². The van der Waals surface area contributed by atoms with Crippen molar-refractivity contribution >= 4 is 22.2 Å². The molecule has 8 aliphatic carbocycles. The fraction of sp³-hybridized carbons (Fsp3) is 0.923. The Morgan fingerprint density at radius 3 is 2.05 bits per heavy atom. The van der Waals surface area contributed by atoms with Crippen LogP contribution in [0.15, 0.2) is 0 Å². The number of carbonyl (C=O) groups is 2. The number of halogens is 2. The third kappa shape index (κ3) is 4.06. The Kier molecular flexibility index (Phi) is 5.79. The van der Waals surface area contributed by atoms with Crippen molar-refractivity contribution in [1.29, 1.82) is 0 Å². The van der Waals surface area contributed by atoms with E-state index in [-0.39, 0.29) is 30.8 Å². The molecule has 0 spiro atoms. The van der Waals surface area contributed by atoms with Gasteiger partial charge in [-0.1, -0.05) is 6.92 Å². The second-order valence-electron chi connectivity index (χ2n) is 13.5. The van der Waals surface area contributed by atoms with Gasteiger partial charge in [0.05, 0.1) is 5.60 Å². The Morgan fingerprint density at radius 1 is 0.921 bits per heavy atom. The van der Waals surface area contributed by atoms with Gasteiger partial charge in [0.15, 0.2) is 0 Å². The lowest BCUT2D eigenvalue weighted by molar-refractivity contribution is -0.241. The normalized spacial score (nSPS) is 46.7. The fourth-order valence-electron chi connectivity index (χ4n) is 10.2. The van der Waals surface area contributed by atoms with E-state index in [1.165, 1.54) is 0 Å². The Bertz CT molecular complexity index is 1110. The molecular formula is C26H36F2O9S. The quantitative estimate of drug-likeness (QED) is 0.345. The van der Waals surface area contributed by atoms with E-state index in [0.717, 1.165) is 38.5 Å². The van der Waals surface area contributed by atoms with Gasteiger partial charge < -0.3 is 19.3 Å². The van der Waals surface area contributed by atoms with Gasteiger partial charge >= 0.3 is 27.5 Å². The number of aliphatic hydroxyl groups is 1. The van der Waals surface area contributed by atoms with E-state index in [9.17, 15) is 31.9 Å². The molecule has 8 bridgehead atoms. The Balaban J connectivity index is 1.13. The van der Waals surface area contributed by atoms with Crippen molar-refractivity contribution in [3.05, 3.63) is 0 Å². The molecule has 0 heterocycles. The number of ether oxygens (including phenoxy) is 3. The van der Waals surface area contributed by atoms with Gasteiger partial charge in [-0.25, -0.2) is 9.59 Å². The SMILES string of the molecule is CCC1(OC(=O)C(F)(F)S(=O)(=O)O)C2CC3CC1CC(COC(=O)OC14CC5CC(CC(O)(C5)C1)C4)(C3)C2. The molecular weight excluding hydrogens is 526 g/mol. The number of esters is 1. The van der Waals surface area contributed by atoms with Gasteiger partial charge in [-0.3, -0.25) is 4.55 Å². The molecule has 0 saturated heterocycles. The lowest BCUT2D eigenvalue weighted by atomic mass is 9.44. The monoisotopic (exact) mass is 562 g/mol. The van der Waals surface area contributed by atoms with Crippen molar-refractivity contribution in [1.82, 2.24) is 0 Å². The Labute approximate surface area is 220 Å². The minimum Gasteiger partial charge on any atom is -0.453 e. The summed E-state index contributed by atoms with van der Waals surface area (Å²) in [7, 11) is -5.96. The second-order valence-corrected chi connectivity index (χ2v) is 15.0. The third-order valence-corrected chi connectivity index (χ3v) is 11.7. The zero-order valence-electron chi connectivity index (χ0n) is 21.5. The molecule has 0 aromatic rings. The van der Waals surface area contributed by atoms with Gasteiger partial charge in [-0.05, 0) is 100 Å². The summed E-state index contributed by atoms with van der Waals surface area (Å²) < 4.78 is 76.1. The van der Waals surface area contributed by atoms with Crippen LogP contribution in [0.1, 0.15) is 84.0 Å². The van der Waals surface area contributed by atoms with Gasteiger partial charge in [0, 0.05) is 11.8 Å². The van der Waals surface area contributed by atoms with Crippen molar-refractivity contribution in [3.63, 3.8) is 0 Å². The zero-order valence-corrected chi connectivity index (χ0v) is 22.3. The molecule has 4 unspecified atom stereocenters. The number of alkyl halides is 2. The first-order valence-electron chi connectivity index (χ1n) is 13.8. The maximum Gasteiger partial charge on any atom is 0.508 e. The number of hydrogen-bond acceptors (Lipinski definition) is 8. The van der Waals surface area contributed by atoms with Crippen LogP contribution in [0.2, 0.25) is 0 Å². The number of hydrogen-bond donors (Lipinski definition) is 2. The minimum atomic E-state index is -5.96. The molecule has 8 saturated carbocycles. The predicted molar refractivity (Wildman–Crippen MR) is 126 cm³/mol. The summed E-state index contributed by atoms with van der Waals surface area (Å²) in [5, 5.41) is 5.89. The topological polar surface area (TPSA) is 136 Å². The van der Waals surface area contributed by atoms with Crippen LogP contribution in [0.3, 0.4) is 0 Å². The molecule has 38 heavy (non-hydrogen) atoms. The molecule has 8 rings (SSSR count). The maximum atomic E-state index is 14.1. The Hall–Kier alpha value is -1.53. The molecule has 0 aromatic carbocycles. The average molecular weight is 563 g/mol. The summed E-state index contributed by atoms with van der Waals surface area (Å²) in [5.41, 5.74) is -3.11. The van der Waals surface area contributed by atoms with E-state index in [4.69, 9.17) is 18.8 Å². The summed E-state index contributed by atoms with van der Waals surface area (Å²) in [4.78, 5) is 25.2. The van der Waals surface area contributed by atoms with E-state index >= 15 is 0 Å².